The Bertz CT molecular complexity index is 29.8. The van der Waals surface area contributed by atoms with Crippen LogP contribution in [-0.2, 0) is 0 Å². The Morgan fingerprint density at radius 2 is 1.67 bits per heavy atom. The Balaban J connectivity index is 2.99. The van der Waals surface area contributed by atoms with Crippen LogP contribution < -0.4 is 11.5 Å². The third-order valence-corrected chi connectivity index (χ3v) is 1.34. The molecule has 0 saturated carbocycles. The minimum atomic E-state index is -0.0579. The molecule has 0 saturated heterocycles. The molecule has 3 heteroatoms. The molecule has 38 valence electrons. The smallest absolute Gasteiger partial charge is 0.0756 e. The summed E-state index contributed by atoms with van der Waals surface area (Å²) in [6, 6.07) is 0.0463. The highest BCUT2D eigenvalue weighted by molar-refractivity contribution is 9.09. The summed E-state index contributed by atoms with van der Waals surface area (Å²) in [5, 5.41) is 0. The summed E-state index contributed by atoms with van der Waals surface area (Å²) in [5.74, 6) is 0. The average Bonchev–Trinajstić information content (AvgIpc) is 1.36. The van der Waals surface area contributed by atoms with Crippen molar-refractivity contribution in [2.75, 3.05) is 0 Å². The predicted molar refractivity (Wildman–Crippen MR) is 30.6 cm³/mol. The van der Waals surface area contributed by atoms with E-state index in [-0.39, 0.29) is 11.0 Å². The van der Waals surface area contributed by atoms with E-state index in [1.807, 2.05) is 6.92 Å². The van der Waals surface area contributed by atoms with Crippen LogP contribution in [0.3, 0.4) is 0 Å². The van der Waals surface area contributed by atoms with Crippen LogP contribution in [0.15, 0.2) is 0 Å². The lowest BCUT2D eigenvalue weighted by Crippen LogP contribution is -2.33. The standard InChI is InChI=1S/C3H9BrN2/c1-2(5)3(4)6/h2-3H,5-6H2,1H3/t2?,3-/m0/s1. The summed E-state index contributed by atoms with van der Waals surface area (Å²) < 4.78 is 0. The lowest BCUT2D eigenvalue weighted by Gasteiger charge is -2.04. The van der Waals surface area contributed by atoms with Gasteiger partial charge in [0.25, 0.3) is 0 Å². The molecule has 6 heavy (non-hydrogen) atoms. The van der Waals surface area contributed by atoms with Crippen LogP contribution in [0.4, 0.5) is 0 Å². The summed E-state index contributed by atoms with van der Waals surface area (Å²) in [4.78, 5) is -0.0579. The number of hydrogen-bond donors (Lipinski definition) is 2. The van der Waals surface area contributed by atoms with Crippen molar-refractivity contribution in [3.05, 3.63) is 0 Å². The van der Waals surface area contributed by atoms with E-state index in [2.05, 4.69) is 15.9 Å². The van der Waals surface area contributed by atoms with Gasteiger partial charge >= 0.3 is 0 Å². The fourth-order valence-corrected chi connectivity index (χ4v) is 0. The Morgan fingerprint density at radius 1 is 1.50 bits per heavy atom. The lowest BCUT2D eigenvalue weighted by molar-refractivity contribution is 0.719. The highest BCUT2D eigenvalue weighted by Crippen LogP contribution is 1.91. The van der Waals surface area contributed by atoms with Crippen molar-refractivity contribution in [2.24, 2.45) is 11.5 Å². The van der Waals surface area contributed by atoms with Gasteiger partial charge in [-0.05, 0) is 6.92 Å². The van der Waals surface area contributed by atoms with Crippen LogP contribution in [0.5, 0.6) is 0 Å². The normalized spacial score (nSPS) is 20.0. The van der Waals surface area contributed by atoms with Crippen molar-refractivity contribution in [3.8, 4) is 0 Å². The maximum Gasteiger partial charge on any atom is 0.0756 e. The van der Waals surface area contributed by atoms with E-state index in [0.29, 0.717) is 0 Å². The Hall–Kier alpha value is 0.400. The summed E-state index contributed by atoms with van der Waals surface area (Å²) in [6.07, 6.45) is 0. The van der Waals surface area contributed by atoms with Gasteiger partial charge in [-0.25, -0.2) is 0 Å². The van der Waals surface area contributed by atoms with Crippen molar-refractivity contribution >= 4 is 15.9 Å². The maximum atomic E-state index is 5.26. The molecule has 0 aromatic heterocycles. The summed E-state index contributed by atoms with van der Waals surface area (Å²) in [7, 11) is 0. The van der Waals surface area contributed by atoms with Gasteiger partial charge in [-0.15, -0.1) is 0 Å². The number of alkyl halides is 1. The van der Waals surface area contributed by atoms with E-state index < -0.39 is 0 Å². The monoisotopic (exact) mass is 152 g/mol. The summed E-state index contributed by atoms with van der Waals surface area (Å²) in [5.41, 5.74) is 10.5. The van der Waals surface area contributed by atoms with E-state index in [9.17, 15) is 0 Å². The van der Waals surface area contributed by atoms with Gasteiger partial charge in [-0.2, -0.15) is 0 Å². The quantitative estimate of drug-likeness (QED) is 0.412. The third kappa shape index (κ3) is 2.63. The van der Waals surface area contributed by atoms with Crippen LogP contribution in [-0.4, -0.2) is 11.0 Å². The molecule has 0 heterocycles. The molecule has 0 aliphatic carbocycles. The summed E-state index contributed by atoms with van der Waals surface area (Å²) in [6.45, 7) is 1.85. The van der Waals surface area contributed by atoms with Crippen LogP contribution in [0.1, 0.15) is 6.92 Å². The molecule has 1 unspecified atom stereocenters. The van der Waals surface area contributed by atoms with E-state index in [1.165, 1.54) is 0 Å². The molecule has 2 nitrogen and oxygen atoms in total. The minimum absolute atomic E-state index is 0.0463. The van der Waals surface area contributed by atoms with Crippen molar-refractivity contribution in [1.29, 1.82) is 0 Å². The number of rotatable bonds is 1. The highest BCUT2D eigenvalue weighted by atomic mass is 79.9. The Morgan fingerprint density at radius 3 is 1.67 bits per heavy atom. The van der Waals surface area contributed by atoms with Gasteiger partial charge in [0, 0.05) is 6.04 Å². The molecular formula is C3H9BrN2. The second kappa shape index (κ2) is 2.55. The van der Waals surface area contributed by atoms with E-state index in [1.54, 1.807) is 0 Å². The van der Waals surface area contributed by atoms with E-state index in [4.69, 9.17) is 11.5 Å². The Kier molecular flexibility index (Phi) is 2.72. The molecule has 4 N–H and O–H groups in total. The molecule has 0 spiro atoms. The maximum absolute atomic E-state index is 5.26. The molecule has 0 radical (unpaired) electrons. The first-order valence-electron chi connectivity index (χ1n) is 1.80. The molecule has 0 aliphatic heterocycles. The molecule has 0 aliphatic rings. The van der Waals surface area contributed by atoms with Gasteiger partial charge in [0.1, 0.15) is 0 Å². The molecule has 0 aromatic rings. The second-order valence-corrected chi connectivity index (χ2v) is 2.36. The van der Waals surface area contributed by atoms with E-state index >= 15 is 0 Å². The van der Waals surface area contributed by atoms with Gasteiger partial charge in [-0.3, -0.25) is 0 Å². The molecule has 0 fully saturated rings. The summed E-state index contributed by atoms with van der Waals surface area (Å²) >= 11 is 3.09. The molecule has 0 aromatic carbocycles. The lowest BCUT2D eigenvalue weighted by atomic mass is 10.4. The van der Waals surface area contributed by atoms with Gasteiger partial charge in [0.05, 0.1) is 4.95 Å². The fraction of sp³-hybridized carbons (Fsp3) is 1.00. The zero-order valence-corrected chi connectivity index (χ0v) is 5.27. The second-order valence-electron chi connectivity index (χ2n) is 1.30. The van der Waals surface area contributed by atoms with Gasteiger partial charge in [0.2, 0.25) is 0 Å². The fourth-order valence-electron chi connectivity index (χ4n) is 0. The van der Waals surface area contributed by atoms with Gasteiger partial charge < -0.3 is 11.5 Å². The first-order valence-corrected chi connectivity index (χ1v) is 2.71. The SMILES string of the molecule is CC(N)[C@H](N)Br. The van der Waals surface area contributed by atoms with Crippen molar-refractivity contribution in [1.82, 2.24) is 0 Å². The molecule has 0 rings (SSSR count). The van der Waals surface area contributed by atoms with E-state index in [0.717, 1.165) is 0 Å². The van der Waals surface area contributed by atoms with Crippen LogP contribution in [0, 0.1) is 0 Å². The van der Waals surface area contributed by atoms with Crippen molar-refractivity contribution in [2.45, 2.75) is 17.9 Å². The Labute approximate surface area is 46.0 Å². The number of halogens is 1. The number of hydrogen-bond acceptors (Lipinski definition) is 2. The van der Waals surface area contributed by atoms with Crippen molar-refractivity contribution in [3.63, 3.8) is 0 Å². The zero-order valence-electron chi connectivity index (χ0n) is 3.69. The molecule has 0 bridgehead atoms. The molecular weight excluding hydrogens is 144 g/mol. The first-order chi connectivity index (χ1) is 2.64. The largest absolute Gasteiger partial charge is 0.326 e. The average molecular weight is 153 g/mol. The van der Waals surface area contributed by atoms with Crippen LogP contribution >= 0.6 is 15.9 Å². The molecule has 0 amide bonds. The topological polar surface area (TPSA) is 52.0 Å². The minimum Gasteiger partial charge on any atom is -0.326 e. The van der Waals surface area contributed by atoms with Gasteiger partial charge in [-0.1, -0.05) is 15.9 Å². The van der Waals surface area contributed by atoms with Gasteiger partial charge in [0.15, 0.2) is 0 Å². The molecule has 2 atom stereocenters. The zero-order chi connectivity index (χ0) is 5.15. The van der Waals surface area contributed by atoms with Crippen molar-refractivity contribution < 1.29 is 0 Å². The van der Waals surface area contributed by atoms with Crippen LogP contribution in [0.2, 0.25) is 0 Å². The third-order valence-electron chi connectivity index (χ3n) is 0.502. The first kappa shape index (κ1) is 6.40. The highest BCUT2D eigenvalue weighted by Gasteiger charge is 1.98. The predicted octanol–water partition coefficient (Wildman–Crippen LogP) is 0.0133. The van der Waals surface area contributed by atoms with Crippen LogP contribution in [0.25, 0.3) is 0 Å². The number of nitrogens with two attached hydrogens (primary N) is 2.